The van der Waals surface area contributed by atoms with Gasteiger partial charge in [0, 0.05) is 11.2 Å². The summed E-state index contributed by atoms with van der Waals surface area (Å²) < 4.78 is 3.58. The highest BCUT2D eigenvalue weighted by molar-refractivity contribution is 9.09. The largest absolute Gasteiger partial charge is 0.466 e. The molecule has 0 aromatic carbocycles. The fraction of sp³-hybridized carbons (Fsp3) is 0.900. The summed E-state index contributed by atoms with van der Waals surface area (Å²) >= 11 is 20.6. The normalized spacial score (nSPS) is 14.7. The van der Waals surface area contributed by atoms with E-state index < -0.39 is 3.79 Å². The van der Waals surface area contributed by atoms with Gasteiger partial charge in [0.25, 0.3) is 0 Å². The highest BCUT2D eigenvalue weighted by atomic mass is 79.9. The van der Waals surface area contributed by atoms with Crippen molar-refractivity contribution in [1.29, 1.82) is 0 Å². The summed E-state index contributed by atoms with van der Waals surface area (Å²) in [6.45, 7) is 6.02. The number of esters is 1. The van der Waals surface area contributed by atoms with Crippen LogP contribution < -0.4 is 0 Å². The minimum absolute atomic E-state index is 0.0723. The van der Waals surface area contributed by atoms with Crippen molar-refractivity contribution in [2.75, 3.05) is 6.61 Å². The molecule has 2 nitrogen and oxygen atoms in total. The molecule has 0 rings (SSSR count). The minimum Gasteiger partial charge on any atom is -0.466 e. The first-order valence-corrected chi connectivity index (χ1v) is 7.00. The van der Waals surface area contributed by atoms with E-state index in [0.29, 0.717) is 13.0 Å². The Kier molecular flexibility index (Phi) is 7.01. The van der Waals surface area contributed by atoms with Gasteiger partial charge in [-0.3, -0.25) is 4.79 Å². The lowest BCUT2D eigenvalue weighted by molar-refractivity contribution is -0.145. The molecule has 0 saturated carbocycles. The van der Waals surface area contributed by atoms with Crippen LogP contribution in [-0.4, -0.2) is 21.2 Å². The Labute approximate surface area is 120 Å². The molecular formula is C10H16BrCl3O2. The van der Waals surface area contributed by atoms with Crippen LogP contribution in [0.25, 0.3) is 0 Å². The number of carbonyl (C=O) groups excluding carboxylic acids is 1. The van der Waals surface area contributed by atoms with Gasteiger partial charge in [-0.25, -0.2) is 0 Å². The van der Waals surface area contributed by atoms with Crippen LogP contribution in [-0.2, 0) is 9.53 Å². The Morgan fingerprint density at radius 1 is 1.38 bits per heavy atom. The molecular weight excluding hydrogens is 338 g/mol. The molecule has 16 heavy (non-hydrogen) atoms. The number of rotatable bonds is 5. The molecule has 0 N–H and O–H groups in total. The third kappa shape index (κ3) is 7.21. The van der Waals surface area contributed by atoms with Gasteiger partial charge in [-0.15, -0.1) is 0 Å². The van der Waals surface area contributed by atoms with Gasteiger partial charge in [0.15, 0.2) is 3.79 Å². The summed E-state index contributed by atoms with van der Waals surface area (Å²) in [7, 11) is 0. The molecule has 0 aromatic heterocycles. The number of hydrogen-bond acceptors (Lipinski definition) is 2. The van der Waals surface area contributed by atoms with Crippen molar-refractivity contribution < 1.29 is 9.53 Å². The summed E-state index contributed by atoms with van der Waals surface area (Å²) in [6.07, 6.45) is 0.627. The molecule has 0 aromatic rings. The maximum Gasteiger partial charge on any atom is 0.306 e. The van der Waals surface area contributed by atoms with Gasteiger partial charge in [-0.05, 0) is 12.3 Å². The van der Waals surface area contributed by atoms with E-state index >= 15 is 0 Å². The van der Waals surface area contributed by atoms with Gasteiger partial charge >= 0.3 is 5.97 Å². The second kappa shape index (κ2) is 6.67. The summed E-state index contributed by atoms with van der Waals surface area (Å²) in [5, 5.41) is 0. The van der Waals surface area contributed by atoms with E-state index in [-0.39, 0.29) is 22.6 Å². The maximum atomic E-state index is 11.4. The third-order valence-corrected chi connectivity index (χ3v) is 4.19. The van der Waals surface area contributed by atoms with Crippen LogP contribution in [0.5, 0.6) is 0 Å². The summed E-state index contributed by atoms with van der Waals surface area (Å²) in [6, 6.07) is 0. The SMILES string of the molecule is CCOC(=O)CC(C)(C)C(Br)CC(Cl)(Cl)Cl. The van der Waals surface area contributed by atoms with Crippen molar-refractivity contribution in [3.8, 4) is 0 Å². The molecule has 0 spiro atoms. The van der Waals surface area contributed by atoms with E-state index in [9.17, 15) is 4.79 Å². The zero-order chi connectivity index (χ0) is 13.0. The predicted octanol–water partition coefficient (Wildman–Crippen LogP) is 4.49. The van der Waals surface area contributed by atoms with E-state index in [1.54, 1.807) is 6.92 Å². The average molecular weight is 354 g/mol. The standard InChI is InChI=1S/C10H16BrCl3O2/c1-4-16-8(15)6-9(2,3)7(11)5-10(12,13)14/h7H,4-6H2,1-3H3. The molecule has 1 atom stereocenters. The van der Waals surface area contributed by atoms with Crippen LogP contribution in [0.15, 0.2) is 0 Å². The minimum atomic E-state index is -1.32. The number of ether oxygens (including phenoxy) is 1. The van der Waals surface area contributed by atoms with E-state index in [2.05, 4.69) is 15.9 Å². The monoisotopic (exact) mass is 352 g/mol. The quantitative estimate of drug-likeness (QED) is 0.537. The number of hydrogen-bond donors (Lipinski definition) is 0. The molecule has 0 saturated heterocycles. The molecule has 0 aliphatic carbocycles. The molecule has 0 fully saturated rings. The maximum absolute atomic E-state index is 11.4. The van der Waals surface area contributed by atoms with E-state index in [1.807, 2.05) is 13.8 Å². The Balaban J connectivity index is 4.36. The van der Waals surface area contributed by atoms with Crippen LogP contribution in [0.2, 0.25) is 0 Å². The first-order chi connectivity index (χ1) is 7.08. The van der Waals surface area contributed by atoms with Gasteiger partial charge in [0.1, 0.15) is 0 Å². The summed E-state index contributed by atoms with van der Waals surface area (Å²) in [4.78, 5) is 11.3. The molecule has 0 aliphatic heterocycles. The van der Waals surface area contributed by atoms with Gasteiger partial charge in [0.2, 0.25) is 0 Å². The smallest absolute Gasteiger partial charge is 0.306 e. The highest BCUT2D eigenvalue weighted by Gasteiger charge is 2.36. The van der Waals surface area contributed by atoms with E-state index in [1.165, 1.54) is 0 Å². The molecule has 0 radical (unpaired) electrons. The lowest BCUT2D eigenvalue weighted by atomic mass is 9.84. The predicted molar refractivity (Wildman–Crippen MR) is 72.7 cm³/mol. The topological polar surface area (TPSA) is 26.3 Å². The van der Waals surface area contributed by atoms with Crippen molar-refractivity contribution in [2.24, 2.45) is 5.41 Å². The average Bonchev–Trinajstić information content (AvgIpc) is 1.99. The van der Waals surface area contributed by atoms with Gasteiger partial charge in [0.05, 0.1) is 13.0 Å². The van der Waals surface area contributed by atoms with E-state index in [0.717, 1.165) is 0 Å². The Morgan fingerprint density at radius 2 is 1.88 bits per heavy atom. The van der Waals surface area contributed by atoms with Crippen LogP contribution in [0, 0.1) is 5.41 Å². The van der Waals surface area contributed by atoms with Crippen molar-refractivity contribution in [3.63, 3.8) is 0 Å². The van der Waals surface area contributed by atoms with Crippen LogP contribution in [0.1, 0.15) is 33.6 Å². The Morgan fingerprint density at radius 3 is 2.25 bits per heavy atom. The lowest BCUT2D eigenvalue weighted by Crippen LogP contribution is -2.31. The fourth-order valence-electron chi connectivity index (χ4n) is 1.17. The van der Waals surface area contributed by atoms with Gasteiger partial charge in [-0.2, -0.15) is 0 Å². The van der Waals surface area contributed by atoms with Crippen LogP contribution >= 0.6 is 50.7 Å². The lowest BCUT2D eigenvalue weighted by Gasteiger charge is -2.31. The molecule has 96 valence electrons. The van der Waals surface area contributed by atoms with Crippen molar-refractivity contribution in [2.45, 2.75) is 42.2 Å². The number of carbonyl (C=O) groups is 1. The molecule has 0 heterocycles. The van der Waals surface area contributed by atoms with E-state index in [4.69, 9.17) is 39.5 Å². The summed E-state index contributed by atoms with van der Waals surface area (Å²) in [5.41, 5.74) is -0.323. The third-order valence-electron chi connectivity index (χ3n) is 2.16. The van der Waals surface area contributed by atoms with Crippen molar-refractivity contribution >= 4 is 56.7 Å². The van der Waals surface area contributed by atoms with Crippen molar-refractivity contribution in [1.82, 2.24) is 0 Å². The second-order valence-corrected chi connectivity index (χ2v) is 7.88. The Bertz CT molecular complexity index is 239. The first kappa shape index (κ1) is 16.8. The highest BCUT2D eigenvalue weighted by Crippen LogP contribution is 2.41. The first-order valence-electron chi connectivity index (χ1n) is 4.95. The Hall–Kier alpha value is 0.820. The molecule has 0 amide bonds. The van der Waals surface area contributed by atoms with Gasteiger partial charge in [-0.1, -0.05) is 64.6 Å². The zero-order valence-electron chi connectivity index (χ0n) is 9.53. The van der Waals surface area contributed by atoms with Crippen molar-refractivity contribution in [3.05, 3.63) is 0 Å². The van der Waals surface area contributed by atoms with Crippen LogP contribution in [0.3, 0.4) is 0 Å². The van der Waals surface area contributed by atoms with Gasteiger partial charge < -0.3 is 4.74 Å². The second-order valence-electron chi connectivity index (χ2n) is 4.26. The van der Waals surface area contributed by atoms with Crippen LogP contribution in [0.4, 0.5) is 0 Å². The number of halogens is 4. The number of alkyl halides is 4. The molecule has 6 heteroatoms. The molecule has 0 bridgehead atoms. The zero-order valence-corrected chi connectivity index (χ0v) is 13.4. The molecule has 1 unspecified atom stereocenters. The fourth-order valence-corrected chi connectivity index (χ4v) is 2.84. The summed E-state index contributed by atoms with van der Waals surface area (Å²) in [5.74, 6) is -0.235. The molecule has 0 aliphatic rings.